The fourth-order valence-corrected chi connectivity index (χ4v) is 2.30. The molecule has 1 rings (SSSR count). The van der Waals surface area contributed by atoms with Crippen molar-refractivity contribution in [1.29, 1.82) is 5.26 Å². The van der Waals surface area contributed by atoms with Crippen LogP contribution >= 0.6 is 0 Å². The molecule has 1 N–H and O–H groups in total. The first-order valence-electron chi connectivity index (χ1n) is 4.81. The van der Waals surface area contributed by atoms with Gasteiger partial charge in [-0.2, -0.15) is 5.26 Å². The third kappa shape index (κ3) is 3.96. The van der Waals surface area contributed by atoms with Gasteiger partial charge in [0.1, 0.15) is 11.6 Å². The van der Waals surface area contributed by atoms with Gasteiger partial charge in [0.15, 0.2) is 0 Å². The molecule has 0 saturated heterocycles. The number of carbonyl (C=O) groups is 1. The number of nitrogens with one attached hydrogen (secondary N) is 1. The molecule has 0 spiro atoms. The SMILES string of the molecule is CNC(=O)CS(=O)Cc1cc(C#N)ccc1F. The van der Waals surface area contributed by atoms with Gasteiger partial charge in [0, 0.05) is 23.4 Å². The summed E-state index contributed by atoms with van der Waals surface area (Å²) in [4.78, 5) is 11.0. The fourth-order valence-electron chi connectivity index (χ4n) is 1.20. The van der Waals surface area contributed by atoms with E-state index in [1.165, 1.54) is 19.2 Å². The van der Waals surface area contributed by atoms with E-state index in [2.05, 4.69) is 5.32 Å². The Bertz CT molecular complexity index is 497. The van der Waals surface area contributed by atoms with E-state index in [-0.39, 0.29) is 23.0 Å². The summed E-state index contributed by atoms with van der Waals surface area (Å²) >= 11 is 0. The predicted octanol–water partition coefficient (Wildman–Crippen LogP) is 0.692. The summed E-state index contributed by atoms with van der Waals surface area (Å²) < 4.78 is 24.9. The van der Waals surface area contributed by atoms with Crippen LogP contribution in [0.3, 0.4) is 0 Å². The van der Waals surface area contributed by atoms with Crippen molar-refractivity contribution in [3.05, 3.63) is 35.1 Å². The molecular formula is C11H11FN2O2S. The highest BCUT2D eigenvalue weighted by Gasteiger charge is 2.11. The van der Waals surface area contributed by atoms with E-state index in [9.17, 15) is 13.4 Å². The van der Waals surface area contributed by atoms with Crippen LogP contribution in [-0.2, 0) is 21.3 Å². The van der Waals surface area contributed by atoms with Crippen molar-refractivity contribution in [2.45, 2.75) is 5.75 Å². The zero-order valence-electron chi connectivity index (χ0n) is 9.20. The molecule has 0 aromatic heterocycles. The fraction of sp³-hybridized carbons (Fsp3) is 0.273. The number of nitrogens with zero attached hydrogens (tertiary/aromatic N) is 1. The summed E-state index contributed by atoms with van der Waals surface area (Å²) in [5.41, 5.74) is 0.490. The monoisotopic (exact) mass is 254 g/mol. The van der Waals surface area contributed by atoms with E-state index < -0.39 is 16.6 Å². The Morgan fingerprint density at radius 1 is 1.59 bits per heavy atom. The predicted molar refractivity (Wildman–Crippen MR) is 61.9 cm³/mol. The summed E-state index contributed by atoms with van der Waals surface area (Å²) in [6.07, 6.45) is 0. The van der Waals surface area contributed by atoms with Crippen LogP contribution in [-0.4, -0.2) is 22.9 Å². The molecule has 4 nitrogen and oxygen atoms in total. The molecule has 0 fully saturated rings. The van der Waals surface area contributed by atoms with Crippen LogP contribution < -0.4 is 5.32 Å². The molecule has 0 radical (unpaired) electrons. The number of halogens is 1. The number of hydrogen-bond donors (Lipinski definition) is 1. The second kappa shape index (κ2) is 6.11. The van der Waals surface area contributed by atoms with Crippen molar-refractivity contribution in [3.8, 4) is 6.07 Å². The third-order valence-corrected chi connectivity index (χ3v) is 3.28. The summed E-state index contributed by atoms with van der Waals surface area (Å²) in [6, 6.07) is 5.72. The lowest BCUT2D eigenvalue weighted by atomic mass is 10.1. The second-order valence-corrected chi connectivity index (χ2v) is 4.78. The molecule has 0 aliphatic carbocycles. The van der Waals surface area contributed by atoms with Gasteiger partial charge in [0.25, 0.3) is 0 Å². The average molecular weight is 254 g/mol. The molecule has 1 amide bonds. The first kappa shape index (κ1) is 13.3. The van der Waals surface area contributed by atoms with Crippen molar-refractivity contribution in [1.82, 2.24) is 5.32 Å². The Morgan fingerprint density at radius 3 is 2.88 bits per heavy atom. The largest absolute Gasteiger partial charge is 0.358 e. The maximum Gasteiger partial charge on any atom is 0.232 e. The molecule has 1 aromatic rings. The van der Waals surface area contributed by atoms with Gasteiger partial charge in [-0.3, -0.25) is 9.00 Å². The summed E-state index contributed by atoms with van der Waals surface area (Å²) in [5, 5.41) is 11.0. The average Bonchev–Trinajstić information content (AvgIpc) is 2.31. The number of nitriles is 1. The van der Waals surface area contributed by atoms with E-state index in [1.807, 2.05) is 6.07 Å². The van der Waals surface area contributed by atoms with Crippen molar-refractivity contribution in [3.63, 3.8) is 0 Å². The maximum absolute atomic E-state index is 13.3. The van der Waals surface area contributed by atoms with Gasteiger partial charge in [0.05, 0.1) is 17.4 Å². The van der Waals surface area contributed by atoms with Crippen LogP contribution in [0.5, 0.6) is 0 Å². The molecule has 0 bridgehead atoms. The minimum absolute atomic E-state index is 0.0746. The van der Waals surface area contributed by atoms with Gasteiger partial charge in [-0.15, -0.1) is 0 Å². The highest BCUT2D eigenvalue weighted by Crippen LogP contribution is 2.12. The summed E-state index contributed by atoms with van der Waals surface area (Å²) in [6.45, 7) is 0. The lowest BCUT2D eigenvalue weighted by Crippen LogP contribution is -2.24. The zero-order valence-corrected chi connectivity index (χ0v) is 10.0. The molecule has 0 aliphatic heterocycles. The van der Waals surface area contributed by atoms with E-state index in [0.717, 1.165) is 6.07 Å². The Kier molecular flexibility index (Phi) is 4.79. The Hall–Kier alpha value is -1.74. The zero-order chi connectivity index (χ0) is 12.8. The highest BCUT2D eigenvalue weighted by atomic mass is 32.2. The molecule has 1 aromatic carbocycles. The van der Waals surface area contributed by atoms with Gasteiger partial charge in [-0.05, 0) is 18.2 Å². The van der Waals surface area contributed by atoms with Gasteiger partial charge < -0.3 is 5.32 Å². The molecule has 6 heteroatoms. The molecule has 0 saturated carbocycles. The number of carbonyl (C=O) groups excluding carboxylic acids is 1. The highest BCUT2D eigenvalue weighted by molar-refractivity contribution is 7.84. The molecule has 1 atom stereocenters. The van der Waals surface area contributed by atoms with E-state index >= 15 is 0 Å². The van der Waals surface area contributed by atoms with Crippen molar-refractivity contribution in [2.75, 3.05) is 12.8 Å². The van der Waals surface area contributed by atoms with Gasteiger partial charge in [-0.1, -0.05) is 0 Å². The number of hydrogen-bond acceptors (Lipinski definition) is 3. The Balaban J connectivity index is 2.78. The van der Waals surface area contributed by atoms with Crippen LogP contribution in [0.25, 0.3) is 0 Å². The summed E-state index contributed by atoms with van der Waals surface area (Å²) in [7, 11) is -0.0421. The quantitative estimate of drug-likeness (QED) is 0.859. The molecule has 90 valence electrons. The van der Waals surface area contributed by atoms with Crippen molar-refractivity contribution in [2.24, 2.45) is 0 Å². The van der Waals surface area contributed by atoms with Crippen molar-refractivity contribution < 1.29 is 13.4 Å². The summed E-state index contributed by atoms with van der Waals surface area (Å²) in [5.74, 6) is -1.13. The van der Waals surface area contributed by atoms with E-state index in [0.29, 0.717) is 5.56 Å². The second-order valence-electron chi connectivity index (χ2n) is 3.32. The topological polar surface area (TPSA) is 70.0 Å². The lowest BCUT2D eigenvalue weighted by molar-refractivity contribution is -0.118. The van der Waals surface area contributed by atoms with E-state index in [1.54, 1.807) is 0 Å². The normalized spacial score (nSPS) is 11.6. The van der Waals surface area contributed by atoms with Crippen LogP contribution in [0, 0.1) is 17.1 Å². The van der Waals surface area contributed by atoms with Gasteiger partial charge >= 0.3 is 0 Å². The van der Waals surface area contributed by atoms with Crippen LogP contribution in [0.4, 0.5) is 4.39 Å². The minimum Gasteiger partial charge on any atom is -0.358 e. The molecule has 0 aliphatic rings. The Morgan fingerprint density at radius 2 is 2.29 bits per heavy atom. The van der Waals surface area contributed by atoms with Crippen LogP contribution in [0.1, 0.15) is 11.1 Å². The standard InChI is InChI=1S/C11H11FN2O2S/c1-14-11(15)7-17(16)6-9-4-8(5-13)2-3-10(9)12/h2-4H,6-7H2,1H3,(H,14,15). The number of amides is 1. The molecular weight excluding hydrogens is 243 g/mol. The number of rotatable bonds is 4. The third-order valence-electron chi connectivity index (χ3n) is 2.06. The Labute approximate surface area is 101 Å². The van der Waals surface area contributed by atoms with Crippen LogP contribution in [0.15, 0.2) is 18.2 Å². The van der Waals surface area contributed by atoms with Crippen molar-refractivity contribution >= 4 is 16.7 Å². The van der Waals surface area contributed by atoms with E-state index in [4.69, 9.17) is 5.26 Å². The van der Waals surface area contributed by atoms with Gasteiger partial charge in [-0.25, -0.2) is 4.39 Å². The minimum atomic E-state index is -1.48. The number of benzene rings is 1. The first-order valence-corrected chi connectivity index (χ1v) is 6.29. The first-order chi connectivity index (χ1) is 8.06. The smallest absolute Gasteiger partial charge is 0.232 e. The molecule has 0 heterocycles. The molecule has 17 heavy (non-hydrogen) atoms. The van der Waals surface area contributed by atoms with Crippen LogP contribution in [0.2, 0.25) is 0 Å². The lowest BCUT2D eigenvalue weighted by Gasteiger charge is -2.04. The van der Waals surface area contributed by atoms with Gasteiger partial charge in [0.2, 0.25) is 5.91 Å². The molecule has 1 unspecified atom stereocenters. The maximum atomic E-state index is 13.3.